The average Bonchev–Trinajstić information content (AvgIpc) is 2.21. The van der Waals surface area contributed by atoms with E-state index in [2.05, 4.69) is 65.5 Å². The molecule has 0 unspecified atom stereocenters. The lowest BCUT2D eigenvalue weighted by molar-refractivity contribution is 0.544. The molecule has 0 aromatic rings. The molecule has 0 amide bonds. The first-order chi connectivity index (χ1) is 7.44. The van der Waals surface area contributed by atoms with E-state index in [1.54, 1.807) is 0 Å². The fourth-order valence-corrected chi connectivity index (χ4v) is 1.32. The van der Waals surface area contributed by atoms with E-state index in [9.17, 15) is 0 Å². The molecule has 0 aliphatic carbocycles. The predicted molar refractivity (Wildman–Crippen MR) is 75.5 cm³/mol. The monoisotopic (exact) mass is 218 g/mol. The van der Waals surface area contributed by atoms with Crippen LogP contribution >= 0.6 is 0 Å². The van der Waals surface area contributed by atoms with Crippen molar-refractivity contribution in [2.45, 2.75) is 47.5 Å². The lowest BCUT2D eigenvalue weighted by Gasteiger charge is -2.12. The molecule has 90 valence electrons. The maximum atomic E-state index is 3.86. The van der Waals surface area contributed by atoms with Gasteiger partial charge in [0.05, 0.1) is 0 Å². The van der Waals surface area contributed by atoms with Crippen LogP contribution in [0.3, 0.4) is 0 Å². The van der Waals surface area contributed by atoms with Gasteiger partial charge in [0, 0.05) is 0 Å². The summed E-state index contributed by atoms with van der Waals surface area (Å²) in [6.07, 6.45) is 13.1. The molecule has 0 saturated heterocycles. The Morgan fingerprint density at radius 2 is 1.81 bits per heavy atom. The second-order valence-electron chi connectivity index (χ2n) is 5.10. The molecule has 0 bridgehead atoms. The summed E-state index contributed by atoms with van der Waals surface area (Å²) in [4.78, 5) is 0. The van der Waals surface area contributed by atoms with E-state index in [4.69, 9.17) is 0 Å². The molecular weight excluding hydrogens is 192 g/mol. The Kier molecular flexibility index (Phi) is 6.80. The first kappa shape index (κ1) is 15.0. The van der Waals surface area contributed by atoms with Crippen molar-refractivity contribution in [2.75, 3.05) is 0 Å². The van der Waals surface area contributed by atoms with E-state index in [-0.39, 0.29) is 5.41 Å². The van der Waals surface area contributed by atoms with Gasteiger partial charge in [0.15, 0.2) is 0 Å². The van der Waals surface area contributed by atoms with Crippen LogP contribution in [0.25, 0.3) is 0 Å². The van der Waals surface area contributed by atoms with Crippen molar-refractivity contribution in [1.82, 2.24) is 0 Å². The maximum Gasteiger partial charge on any atom is -0.0200 e. The van der Waals surface area contributed by atoms with E-state index in [0.29, 0.717) is 0 Å². The molecule has 0 fully saturated rings. The van der Waals surface area contributed by atoms with E-state index >= 15 is 0 Å². The van der Waals surface area contributed by atoms with Gasteiger partial charge < -0.3 is 0 Å². The van der Waals surface area contributed by atoms with Gasteiger partial charge in [0.25, 0.3) is 0 Å². The number of rotatable bonds is 5. The zero-order chi connectivity index (χ0) is 12.6. The summed E-state index contributed by atoms with van der Waals surface area (Å²) >= 11 is 0. The largest absolute Gasteiger partial charge is 0.0985 e. The molecule has 16 heavy (non-hydrogen) atoms. The average molecular weight is 218 g/mol. The molecule has 0 aliphatic rings. The number of unbranched alkanes of at least 4 members (excludes halogenated alkanes) is 1. The molecular formula is C16H26. The smallest absolute Gasteiger partial charge is 0.0200 e. The third-order valence-corrected chi connectivity index (χ3v) is 2.28. The second-order valence-corrected chi connectivity index (χ2v) is 5.10. The summed E-state index contributed by atoms with van der Waals surface area (Å²) in [6, 6.07) is 0. The summed E-state index contributed by atoms with van der Waals surface area (Å²) in [5, 5.41) is 0. The van der Waals surface area contributed by atoms with Gasteiger partial charge in [-0.2, -0.15) is 0 Å². The summed E-state index contributed by atoms with van der Waals surface area (Å²) in [7, 11) is 0. The van der Waals surface area contributed by atoms with Crippen LogP contribution in [0.15, 0.2) is 48.1 Å². The minimum absolute atomic E-state index is 0.228. The highest BCUT2D eigenvalue weighted by molar-refractivity contribution is 5.45. The molecule has 0 atom stereocenters. The van der Waals surface area contributed by atoms with Gasteiger partial charge in [0.2, 0.25) is 0 Å². The molecule has 0 aliphatic heterocycles. The minimum atomic E-state index is 0.228. The van der Waals surface area contributed by atoms with Crippen LogP contribution in [-0.4, -0.2) is 0 Å². The molecule has 0 heterocycles. The standard InChI is InChI=1S/C16H26/c1-7-10-11-15(14(8-2)9-3)12-13-16(4,5)6/h8-9,11-13H,2,7,10H2,1,3-6H3/b13-12-,14-9-,15-11-. The van der Waals surface area contributed by atoms with Gasteiger partial charge >= 0.3 is 0 Å². The van der Waals surface area contributed by atoms with Crippen molar-refractivity contribution in [3.63, 3.8) is 0 Å². The van der Waals surface area contributed by atoms with Crippen LogP contribution in [0.1, 0.15) is 47.5 Å². The van der Waals surface area contributed by atoms with E-state index in [1.165, 1.54) is 17.6 Å². The fourth-order valence-electron chi connectivity index (χ4n) is 1.32. The summed E-state index contributed by atoms with van der Waals surface area (Å²) < 4.78 is 0. The van der Waals surface area contributed by atoms with Gasteiger partial charge in [-0.05, 0) is 29.9 Å². The van der Waals surface area contributed by atoms with Crippen LogP contribution in [0.2, 0.25) is 0 Å². The number of allylic oxidation sites excluding steroid dienone is 7. The van der Waals surface area contributed by atoms with Gasteiger partial charge in [-0.15, -0.1) is 0 Å². The van der Waals surface area contributed by atoms with E-state index in [0.717, 1.165) is 6.42 Å². The molecule has 0 heteroatoms. The van der Waals surface area contributed by atoms with Gasteiger partial charge in [-0.1, -0.05) is 71.1 Å². The zero-order valence-electron chi connectivity index (χ0n) is 11.5. The first-order valence-corrected chi connectivity index (χ1v) is 6.13. The third-order valence-electron chi connectivity index (χ3n) is 2.28. The third kappa shape index (κ3) is 6.44. The minimum Gasteiger partial charge on any atom is -0.0985 e. The Labute approximate surface area is 101 Å². The molecule has 0 aromatic carbocycles. The van der Waals surface area contributed by atoms with Crippen molar-refractivity contribution in [1.29, 1.82) is 0 Å². The van der Waals surface area contributed by atoms with Crippen molar-refractivity contribution >= 4 is 0 Å². The highest BCUT2D eigenvalue weighted by atomic mass is 14.1. The Hall–Kier alpha value is -1.04. The number of hydrogen-bond acceptors (Lipinski definition) is 0. The second kappa shape index (κ2) is 7.27. The summed E-state index contributed by atoms with van der Waals surface area (Å²) in [6.45, 7) is 14.8. The first-order valence-electron chi connectivity index (χ1n) is 6.13. The summed E-state index contributed by atoms with van der Waals surface area (Å²) in [5.74, 6) is 0. The van der Waals surface area contributed by atoms with E-state index < -0.39 is 0 Å². The van der Waals surface area contributed by atoms with Crippen molar-refractivity contribution in [2.24, 2.45) is 5.41 Å². The summed E-state index contributed by atoms with van der Waals surface area (Å²) in [5.41, 5.74) is 2.73. The molecule has 0 rings (SSSR count). The Morgan fingerprint density at radius 1 is 1.19 bits per heavy atom. The van der Waals surface area contributed by atoms with Crippen LogP contribution < -0.4 is 0 Å². The van der Waals surface area contributed by atoms with E-state index in [1.807, 2.05) is 6.08 Å². The van der Waals surface area contributed by atoms with Crippen LogP contribution in [0, 0.1) is 5.41 Å². The molecule has 0 nitrogen and oxygen atoms in total. The molecule has 0 radical (unpaired) electrons. The maximum absolute atomic E-state index is 3.86. The molecule has 0 N–H and O–H groups in total. The van der Waals surface area contributed by atoms with Gasteiger partial charge in [-0.3, -0.25) is 0 Å². The van der Waals surface area contributed by atoms with Crippen molar-refractivity contribution < 1.29 is 0 Å². The van der Waals surface area contributed by atoms with Gasteiger partial charge in [0.1, 0.15) is 0 Å². The van der Waals surface area contributed by atoms with Gasteiger partial charge in [-0.25, -0.2) is 0 Å². The Morgan fingerprint density at radius 3 is 2.19 bits per heavy atom. The van der Waals surface area contributed by atoms with Crippen LogP contribution in [-0.2, 0) is 0 Å². The van der Waals surface area contributed by atoms with Crippen LogP contribution in [0.4, 0.5) is 0 Å². The van der Waals surface area contributed by atoms with Crippen molar-refractivity contribution in [3.8, 4) is 0 Å². The molecule has 0 spiro atoms. The zero-order valence-corrected chi connectivity index (χ0v) is 11.5. The Bertz CT molecular complexity index is 292. The SMILES string of the molecule is C=CC(=C/C)/C(/C=C\C(C)(C)C)=C\CCC. The molecule has 0 aromatic heterocycles. The topological polar surface area (TPSA) is 0 Å². The normalized spacial score (nSPS) is 14.6. The lowest BCUT2D eigenvalue weighted by atomic mass is 9.93. The van der Waals surface area contributed by atoms with Crippen LogP contribution in [0.5, 0.6) is 0 Å². The lowest BCUT2D eigenvalue weighted by Crippen LogP contribution is -1.99. The quantitative estimate of drug-likeness (QED) is 0.538. The predicted octanol–water partition coefficient (Wildman–Crippen LogP) is 5.45. The Balaban J connectivity index is 4.97. The molecule has 0 saturated carbocycles. The van der Waals surface area contributed by atoms with Crippen molar-refractivity contribution in [3.05, 3.63) is 48.1 Å². The number of hydrogen-bond donors (Lipinski definition) is 0. The highest BCUT2D eigenvalue weighted by Crippen LogP contribution is 2.20. The highest BCUT2D eigenvalue weighted by Gasteiger charge is 2.04. The fraction of sp³-hybridized carbons (Fsp3) is 0.500.